The number of carbonyl (C=O) groups is 1. The molecule has 0 radical (unpaired) electrons. The zero-order valence-corrected chi connectivity index (χ0v) is 15.4. The van der Waals surface area contributed by atoms with E-state index in [2.05, 4.69) is 15.3 Å². The molecular weight excluding hydrogens is 346 g/mol. The number of aromatic amines is 1. The molecule has 0 bridgehead atoms. The number of ether oxygens (including phenoxy) is 3. The van der Waals surface area contributed by atoms with Crippen LogP contribution in [0.2, 0.25) is 0 Å². The highest BCUT2D eigenvalue weighted by Crippen LogP contribution is 2.41. The van der Waals surface area contributed by atoms with Crippen molar-refractivity contribution in [2.45, 2.75) is 39.0 Å². The summed E-state index contributed by atoms with van der Waals surface area (Å²) in [6.07, 6.45) is -1.33. The first-order valence-electron chi connectivity index (χ1n) is 8.73. The third kappa shape index (κ3) is 3.94. The van der Waals surface area contributed by atoms with Gasteiger partial charge in [0.2, 0.25) is 5.95 Å². The number of nitrogens with zero attached hydrogens (tertiary/aromatic N) is 1. The van der Waals surface area contributed by atoms with Gasteiger partial charge in [0, 0.05) is 11.1 Å². The van der Waals surface area contributed by atoms with Crippen LogP contribution < -0.4 is 5.32 Å². The fraction of sp³-hybridized carbons (Fsp3) is 0.300. The number of anilines is 1. The van der Waals surface area contributed by atoms with E-state index in [0.717, 1.165) is 22.2 Å². The normalized spacial score (nSPS) is 19.5. The Kier molecular flexibility index (Phi) is 4.33. The van der Waals surface area contributed by atoms with Crippen LogP contribution in [0, 0.1) is 0 Å². The number of nitrogens with one attached hydrogen (secondary N) is 2. The minimum absolute atomic E-state index is 0.328. The van der Waals surface area contributed by atoms with Gasteiger partial charge in [-0.3, -0.25) is 5.32 Å². The van der Waals surface area contributed by atoms with Crippen molar-refractivity contribution >= 4 is 23.1 Å². The fourth-order valence-corrected chi connectivity index (χ4v) is 2.79. The molecule has 7 heteroatoms. The molecule has 0 aliphatic carbocycles. The molecule has 1 amide bonds. The summed E-state index contributed by atoms with van der Waals surface area (Å²) >= 11 is 0. The first-order chi connectivity index (χ1) is 12.9. The first-order valence-corrected chi connectivity index (χ1v) is 8.73. The van der Waals surface area contributed by atoms with Gasteiger partial charge in [0.25, 0.3) is 0 Å². The van der Waals surface area contributed by atoms with Crippen molar-refractivity contribution in [2.75, 3.05) is 5.32 Å². The molecule has 140 valence electrons. The summed E-state index contributed by atoms with van der Waals surface area (Å²) in [5.74, 6) is 0.328. The summed E-state index contributed by atoms with van der Waals surface area (Å²) < 4.78 is 16.9. The van der Waals surface area contributed by atoms with Crippen molar-refractivity contribution in [3.05, 3.63) is 59.7 Å². The van der Waals surface area contributed by atoms with Gasteiger partial charge in [0.1, 0.15) is 5.60 Å². The molecule has 1 aromatic heterocycles. The lowest BCUT2D eigenvalue weighted by atomic mass is 10.1. The SMILES string of the molecule is CC(C)(C)OC(=O)Nc1nc2ccc(C3OC(c4ccccc4)O3)cc2[nH]1. The van der Waals surface area contributed by atoms with Crippen molar-refractivity contribution < 1.29 is 19.0 Å². The Balaban J connectivity index is 1.43. The van der Waals surface area contributed by atoms with E-state index in [9.17, 15) is 4.79 Å². The molecule has 1 saturated heterocycles. The number of rotatable bonds is 3. The largest absolute Gasteiger partial charge is 0.444 e. The lowest BCUT2D eigenvalue weighted by Gasteiger charge is -2.36. The van der Waals surface area contributed by atoms with Crippen molar-refractivity contribution in [2.24, 2.45) is 0 Å². The maximum absolute atomic E-state index is 11.9. The minimum atomic E-state index is -0.572. The van der Waals surface area contributed by atoms with Crippen LogP contribution in [0.3, 0.4) is 0 Å². The van der Waals surface area contributed by atoms with Gasteiger partial charge in [-0.1, -0.05) is 36.4 Å². The molecule has 0 spiro atoms. The van der Waals surface area contributed by atoms with Crippen LogP contribution >= 0.6 is 0 Å². The van der Waals surface area contributed by atoms with Crippen LogP contribution in [0.5, 0.6) is 0 Å². The number of carbonyl (C=O) groups excluding carboxylic acids is 1. The molecule has 0 atom stereocenters. The Hall–Kier alpha value is -2.90. The van der Waals surface area contributed by atoms with Gasteiger partial charge in [0.05, 0.1) is 11.0 Å². The molecule has 1 aliphatic rings. The minimum Gasteiger partial charge on any atom is -0.444 e. The van der Waals surface area contributed by atoms with Crippen LogP contribution in [-0.2, 0) is 14.2 Å². The average Bonchev–Trinajstić information content (AvgIpc) is 2.94. The predicted octanol–water partition coefficient (Wildman–Crippen LogP) is 4.65. The van der Waals surface area contributed by atoms with Gasteiger partial charge in [0.15, 0.2) is 12.6 Å². The van der Waals surface area contributed by atoms with Crippen molar-refractivity contribution in [3.63, 3.8) is 0 Å². The highest BCUT2D eigenvalue weighted by atomic mass is 16.9. The molecule has 1 aliphatic heterocycles. The van der Waals surface area contributed by atoms with Crippen LogP contribution in [0.25, 0.3) is 11.0 Å². The third-order valence-corrected chi connectivity index (χ3v) is 3.96. The summed E-state index contributed by atoms with van der Waals surface area (Å²) in [5, 5.41) is 2.60. The third-order valence-electron chi connectivity index (χ3n) is 3.96. The van der Waals surface area contributed by atoms with E-state index in [1.54, 1.807) is 20.8 Å². The summed E-state index contributed by atoms with van der Waals surface area (Å²) in [4.78, 5) is 19.3. The molecule has 27 heavy (non-hydrogen) atoms. The molecular formula is C20H21N3O4. The number of hydrogen-bond acceptors (Lipinski definition) is 5. The van der Waals surface area contributed by atoms with E-state index in [-0.39, 0.29) is 6.29 Å². The second-order valence-corrected chi connectivity index (χ2v) is 7.34. The molecule has 7 nitrogen and oxygen atoms in total. The number of benzene rings is 2. The number of aromatic nitrogens is 2. The molecule has 2 heterocycles. The van der Waals surface area contributed by atoms with Crippen LogP contribution in [0.1, 0.15) is 44.5 Å². The number of amides is 1. The Bertz CT molecular complexity index is 956. The van der Waals surface area contributed by atoms with Crippen molar-refractivity contribution in [1.82, 2.24) is 9.97 Å². The monoisotopic (exact) mass is 367 g/mol. The molecule has 1 fully saturated rings. The lowest BCUT2D eigenvalue weighted by Crippen LogP contribution is -2.27. The second kappa shape index (κ2) is 6.68. The summed E-state index contributed by atoms with van der Waals surface area (Å²) in [7, 11) is 0. The Morgan fingerprint density at radius 3 is 2.48 bits per heavy atom. The van der Waals surface area contributed by atoms with Gasteiger partial charge >= 0.3 is 6.09 Å². The zero-order chi connectivity index (χ0) is 19.0. The molecule has 0 saturated carbocycles. The quantitative estimate of drug-likeness (QED) is 0.703. The van der Waals surface area contributed by atoms with E-state index < -0.39 is 18.0 Å². The van der Waals surface area contributed by atoms with Crippen LogP contribution in [0.4, 0.5) is 10.7 Å². The Morgan fingerprint density at radius 2 is 1.78 bits per heavy atom. The first kappa shape index (κ1) is 17.5. The fourth-order valence-electron chi connectivity index (χ4n) is 2.79. The molecule has 2 N–H and O–H groups in total. The standard InChI is InChI=1S/C20H21N3O4/c1-20(2,3)27-19(24)23-18-21-14-10-9-13(11-15(14)22-18)17-25-16(26-17)12-7-5-4-6-8-12/h4-11,16-17H,1-3H3,(H2,21,22,23,24). The van der Waals surface area contributed by atoms with Gasteiger partial charge in [-0.25, -0.2) is 9.78 Å². The highest BCUT2D eigenvalue weighted by Gasteiger charge is 2.33. The summed E-state index contributed by atoms with van der Waals surface area (Å²) in [5.41, 5.74) is 2.79. The smallest absolute Gasteiger partial charge is 0.414 e. The Labute approximate surface area is 156 Å². The Morgan fingerprint density at radius 1 is 1.07 bits per heavy atom. The molecule has 0 unspecified atom stereocenters. The summed E-state index contributed by atoms with van der Waals surface area (Å²) in [6, 6.07) is 15.4. The van der Waals surface area contributed by atoms with Crippen LogP contribution in [-0.4, -0.2) is 21.7 Å². The average molecular weight is 367 g/mol. The zero-order valence-electron chi connectivity index (χ0n) is 15.4. The molecule has 4 rings (SSSR count). The second-order valence-electron chi connectivity index (χ2n) is 7.34. The van der Waals surface area contributed by atoms with E-state index in [1.165, 1.54) is 0 Å². The van der Waals surface area contributed by atoms with Gasteiger partial charge in [-0.15, -0.1) is 0 Å². The van der Waals surface area contributed by atoms with E-state index in [0.29, 0.717) is 5.95 Å². The maximum Gasteiger partial charge on any atom is 0.414 e. The summed E-state index contributed by atoms with van der Waals surface area (Å²) in [6.45, 7) is 5.41. The number of hydrogen-bond donors (Lipinski definition) is 2. The number of imidazole rings is 1. The van der Waals surface area contributed by atoms with E-state index >= 15 is 0 Å². The van der Waals surface area contributed by atoms with Gasteiger partial charge in [-0.05, 0) is 32.9 Å². The topological polar surface area (TPSA) is 85.5 Å². The molecule has 2 aromatic carbocycles. The number of fused-ring (bicyclic) bond motifs is 1. The van der Waals surface area contributed by atoms with E-state index in [4.69, 9.17) is 14.2 Å². The molecule has 3 aromatic rings. The number of H-pyrrole nitrogens is 1. The van der Waals surface area contributed by atoms with Crippen molar-refractivity contribution in [1.29, 1.82) is 0 Å². The van der Waals surface area contributed by atoms with Gasteiger partial charge < -0.3 is 19.2 Å². The highest BCUT2D eigenvalue weighted by molar-refractivity contribution is 5.86. The van der Waals surface area contributed by atoms with Gasteiger partial charge in [-0.2, -0.15) is 0 Å². The van der Waals surface area contributed by atoms with Crippen molar-refractivity contribution in [3.8, 4) is 0 Å². The predicted molar refractivity (Wildman–Crippen MR) is 100 cm³/mol. The van der Waals surface area contributed by atoms with E-state index in [1.807, 2.05) is 48.5 Å². The maximum atomic E-state index is 11.9. The van der Waals surface area contributed by atoms with Crippen LogP contribution in [0.15, 0.2) is 48.5 Å². The lowest BCUT2D eigenvalue weighted by molar-refractivity contribution is -0.397.